The highest BCUT2D eigenvalue weighted by Gasteiger charge is 2.24. The van der Waals surface area contributed by atoms with Crippen molar-refractivity contribution < 1.29 is 14.6 Å². The second-order valence-corrected chi connectivity index (χ2v) is 6.63. The van der Waals surface area contributed by atoms with Crippen molar-refractivity contribution in [1.82, 2.24) is 0 Å². The quantitative estimate of drug-likeness (QED) is 0.396. The summed E-state index contributed by atoms with van der Waals surface area (Å²) in [6, 6.07) is 21.7. The monoisotopic (exact) mass is 405 g/mol. The molecule has 0 N–H and O–H groups in total. The fourth-order valence-corrected chi connectivity index (χ4v) is 3.13. The molecule has 0 saturated heterocycles. The maximum Gasteiger partial charge on any atom is 0.277 e. The summed E-state index contributed by atoms with van der Waals surface area (Å²) in [5.74, 6) is -0.527. The summed E-state index contributed by atoms with van der Waals surface area (Å²) in [6.45, 7) is 0.355. The molecule has 0 fully saturated rings. The number of non-ortho nitro benzene ring substituents is 2. The van der Waals surface area contributed by atoms with Crippen molar-refractivity contribution in [3.8, 4) is 0 Å². The van der Waals surface area contributed by atoms with Gasteiger partial charge in [-0.1, -0.05) is 48.5 Å². The normalized spacial score (nSPS) is 10.4. The van der Waals surface area contributed by atoms with Crippen LogP contribution in [0.5, 0.6) is 0 Å². The highest BCUT2D eigenvalue weighted by atomic mass is 16.6. The standard InChI is InChI=1S/C22H19N3O5/c26-22(18-14-20(24(27)28)16-21(15-18)25(29)30)23(19-11-5-2-6-12-19)13-7-10-17-8-3-1-4-9-17/h1-6,8-9,11-12,14-16H,7,10,13H2. The van der Waals surface area contributed by atoms with Crippen molar-refractivity contribution in [2.45, 2.75) is 12.8 Å². The molecule has 30 heavy (non-hydrogen) atoms. The number of nitrogens with zero attached hydrogens (tertiary/aromatic N) is 3. The summed E-state index contributed by atoms with van der Waals surface area (Å²) >= 11 is 0. The summed E-state index contributed by atoms with van der Waals surface area (Å²) in [5.41, 5.74) is 0.655. The number of carbonyl (C=O) groups is 1. The Kier molecular flexibility index (Phi) is 6.49. The van der Waals surface area contributed by atoms with Crippen molar-refractivity contribution in [2.24, 2.45) is 0 Å². The number of para-hydroxylation sites is 1. The molecule has 3 aromatic carbocycles. The summed E-state index contributed by atoms with van der Waals surface area (Å²) in [6.07, 6.45) is 1.40. The third-order valence-corrected chi connectivity index (χ3v) is 4.57. The molecular formula is C22H19N3O5. The number of amides is 1. The predicted molar refractivity (Wildman–Crippen MR) is 113 cm³/mol. The molecule has 0 atom stereocenters. The molecule has 8 nitrogen and oxygen atoms in total. The van der Waals surface area contributed by atoms with E-state index in [4.69, 9.17) is 0 Å². The van der Waals surface area contributed by atoms with E-state index < -0.39 is 27.1 Å². The summed E-state index contributed by atoms with van der Waals surface area (Å²) in [4.78, 5) is 35.6. The second kappa shape index (κ2) is 9.42. The molecule has 0 aliphatic rings. The molecule has 0 heterocycles. The average Bonchev–Trinajstić information content (AvgIpc) is 2.77. The Bertz CT molecular complexity index is 1020. The van der Waals surface area contributed by atoms with Gasteiger partial charge in [0.2, 0.25) is 0 Å². The van der Waals surface area contributed by atoms with Crippen molar-refractivity contribution >= 4 is 23.0 Å². The molecule has 0 aromatic heterocycles. The van der Waals surface area contributed by atoms with Gasteiger partial charge in [-0.15, -0.1) is 0 Å². The van der Waals surface area contributed by atoms with Gasteiger partial charge in [0.1, 0.15) is 0 Å². The molecule has 0 aliphatic carbocycles. The smallest absolute Gasteiger partial charge is 0.277 e. The molecule has 3 rings (SSSR count). The molecule has 0 unspecified atom stereocenters. The molecule has 8 heteroatoms. The molecule has 3 aromatic rings. The maximum absolute atomic E-state index is 13.2. The number of carbonyl (C=O) groups excluding carboxylic acids is 1. The largest absolute Gasteiger partial charge is 0.308 e. The van der Waals surface area contributed by atoms with E-state index >= 15 is 0 Å². The van der Waals surface area contributed by atoms with Crippen molar-refractivity contribution in [3.05, 3.63) is 110 Å². The van der Waals surface area contributed by atoms with Gasteiger partial charge in [0, 0.05) is 24.4 Å². The molecular weight excluding hydrogens is 386 g/mol. The first-order valence-corrected chi connectivity index (χ1v) is 9.30. The Hall–Kier alpha value is -4.07. The molecule has 0 radical (unpaired) electrons. The van der Waals surface area contributed by atoms with Gasteiger partial charge in [-0.05, 0) is 30.5 Å². The van der Waals surface area contributed by atoms with Crippen LogP contribution in [-0.4, -0.2) is 22.3 Å². The van der Waals surface area contributed by atoms with Crippen LogP contribution in [0.4, 0.5) is 17.1 Å². The van der Waals surface area contributed by atoms with Crippen molar-refractivity contribution in [2.75, 3.05) is 11.4 Å². The van der Waals surface area contributed by atoms with E-state index in [9.17, 15) is 25.0 Å². The molecule has 0 spiro atoms. The summed E-state index contributed by atoms with van der Waals surface area (Å²) in [7, 11) is 0. The Morgan fingerprint density at radius 1 is 0.800 bits per heavy atom. The zero-order valence-corrected chi connectivity index (χ0v) is 16.0. The fraction of sp³-hybridized carbons (Fsp3) is 0.136. The maximum atomic E-state index is 13.2. The number of rotatable bonds is 8. The Balaban J connectivity index is 1.90. The summed E-state index contributed by atoms with van der Waals surface area (Å²) < 4.78 is 0. The van der Waals surface area contributed by atoms with Crippen LogP contribution in [0.1, 0.15) is 22.3 Å². The van der Waals surface area contributed by atoms with Gasteiger partial charge in [-0.3, -0.25) is 25.0 Å². The number of nitro groups is 2. The van der Waals surface area contributed by atoms with Crippen LogP contribution in [-0.2, 0) is 6.42 Å². The van der Waals surface area contributed by atoms with Gasteiger partial charge in [0.05, 0.1) is 21.5 Å². The van der Waals surface area contributed by atoms with Crippen LogP contribution in [0.15, 0.2) is 78.9 Å². The van der Waals surface area contributed by atoms with E-state index in [-0.39, 0.29) is 5.56 Å². The molecule has 152 valence electrons. The van der Waals surface area contributed by atoms with Crippen LogP contribution < -0.4 is 4.90 Å². The highest BCUT2D eigenvalue weighted by molar-refractivity contribution is 6.06. The predicted octanol–water partition coefficient (Wildman–Crippen LogP) is 4.78. The van der Waals surface area contributed by atoms with Crippen LogP contribution in [0.25, 0.3) is 0 Å². The van der Waals surface area contributed by atoms with Gasteiger partial charge >= 0.3 is 0 Å². The molecule has 1 amide bonds. The van der Waals surface area contributed by atoms with E-state index in [0.717, 1.165) is 30.2 Å². The van der Waals surface area contributed by atoms with Crippen LogP contribution >= 0.6 is 0 Å². The summed E-state index contributed by atoms with van der Waals surface area (Å²) in [5, 5.41) is 22.4. The van der Waals surface area contributed by atoms with E-state index in [0.29, 0.717) is 18.7 Å². The number of nitro benzene ring substituents is 2. The third kappa shape index (κ3) is 5.05. The topological polar surface area (TPSA) is 107 Å². The lowest BCUT2D eigenvalue weighted by Gasteiger charge is -2.23. The van der Waals surface area contributed by atoms with Gasteiger partial charge < -0.3 is 4.90 Å². The number of aryl methyl sites for hydroxylation is 1. The first-order valence-electron chi connectivity index (χ1n) is 9.30. The minimum Gasteiger partial charge on any atom is -0.308 e. The minimum atomic E-state index is -0.744. The Morgan fingerprint density at radius 2 is 1.33 bits per heavy atom. The van der Waals surface area contributed by atoms with E-state index in [1.807, 2.05) is 36.4 Å². The lowest BCUT2D eigenvalue weighted by Crippen LogP contribution is -2.32. The zero-order chi connectivity index (χ0) is 21.5. The number of hydrogen-bond donors (Lipinski definition) is 0. The fourth-order valence-electron chi connectivity index (χ4n) is 3.13. The van der Waals surface area contributed by atoms with E-state index in [1.165, 1.54) is 4.90 Å². The van der Waals surface area contributed by atoms with Crippen LogP contribution in [0.2, 0.25) is 0 Å². The van der Waals surface area contributed by atoms with Crippen LogP contribution in [0.3, 0.4) is 0 Å². The van der Waals surface area contributed by atoms with Crippen molar-refractivity contribution in [3.63, 3.8) is 0 Å². The zero-order valence-electron chi connectivity index (χ0n) is 16.0. The first-order chi connectivity index (χ1) is 14.5. The lowest BCUT2D eigenvalue weighted by atomic mass is 10.1. The average molecular weight is 405 g/mol. The van der Waals surface area contributed by atoms with E-state index in [1.54, 1.807) is 24.3 Å². The van der Waals surface area contributed by atoms with Gasteiger partial charge in [0.15, 0.2) is 0 Å². The first kappa shape index (κ1) is 20.7. The molecule has 0 bridgehead atoms. The lowest BCUT2D eigenvalue weighted by molar-refractivity contribution is -0.394. The third-order valence-electron chi connectivity index (χ3n) is 4.57. The Labute approximate surface area is 172 Å². The number of hydrogen-bond acceptors (Lipinski definition) is 5. The second-order valence-electron chi connectivity index (χ2n) is 6.63. The van der Waals surface area contributed by atoms with Gasteiger partial charge in [-0.25, -0.2) is 0 Å². The highest BCUT2D eigenvalue weighted by Crippen LogP contribution is 2.25. The minimum absolute atomic E-state index is 0.0977. The SMILES string of the molecule is O=C(c1cc([N+](=O)[O-])cc([N+](=O)[O-])c1)N(CCCc1ccccc1)c1ccccc1. The molecule has 0 saturated carbocycles. The van der Waals surface area contributed by atoms with E-state index in [2.05, 4.69) is 0 Å². The Morgan fingerprint density at radius 3 is 1.87 bits per heavy atom. The number of benzene rings is 3. The van der Waals surface area contributed by atoms with Crippen LogP contribution in [0, 0.1) is 20.2 Å². The van der Waals surface area contributed by atoms with Gasteiger partial charge in [-0.2, -0.15) is 0 Å². The van der Waals surface area contributed by atoms with Gasteiger partial charge in [0.25, 0.3) is 17.3 Å². The van der Waals surface area contributed by atoms with Crippen molar-refractivity contribution in [1.29, 1.82) is 0 Å². The number of anilines is 1. The molecule has 0 aliphatic heterocycles.